The Balaban J connectivity index is 2.27. The fourth-order valence-corrected chi connectivity index (χ4v) is 3.08. The molecule has 1 aromatic carbocycles. The lowest BCUT2D eigenvalue weighted by Gasteiger charge is -2.21. The third-order valence-corrected chi connectivity index (χ3v) is 3.96. The second-order valence-corrected chi connectivity index (χ2v) is 5.60. The van der Waals surface area contributed by atoms with Gasteiger partial charge in [-0.2, -0.15) is 0 Å². The third kappa shape index (κ3) is 2.52. The summed E-state index contributed by atoms with van der Waals surface area (Å²) in [4.78, 5) is 0. The fraction of sp³-hybridized carbons (Fsp3) is 0.600. The van der Waals surface area contributed by atoms with Crippen molar-refractivity contribution in [1.29, 1.82) is 0 Å². The average molecular weight is 236 g/mol. The van der Waals surface area contributed by atoms with E-state index < -0.39 is 6.10 Å². The summed E-state index contributed by atoms with van der Waals surface area (Å²) < 4.78 is 14.0. The second-order valence-electron chi connectivity index (χ2n) is 5.60. The Bertz CT molecular complexity index is 390. The van der Waals surface area contributed by atoms with Crippen LogP contribution in [0.25, 0.3) is 0 Å². The Morgan fingerprint density at radius 3 is 2.53 bits per heavy atom. The van der Waals surface area contributed by atoms with E-state index in [4.69, 9.17) is 0 Å². The molecule has 3 atom stereocenters. The molecule has 0 spiro atoms. The number of hydrogen-bond donors (Lipinski definition) is 1. The average Bonchev–Trinajstić information content (AvgIpc) is 2.63. The minimum absolute atomic E-state index is 0.223. The maximum Gasteiger partial charge on any atom is 0.129 e. The van der Waals surface area contributed by atoms with Gasteiger partial charge in [0.2, 0.25) is 0 Å². The molecular weight excluding hydrogens is 215 g/mol. The lowest BCUT2D eigenvalue weighted by Crippen LogP contribution is -2.13. The molecule has 2 heteroatoms. The number of halogens is 1. The monoisotopic (exact) mass is 236 g/mol. The van der Waals surface area contributed by atoms with Gasteiger partial charge in [0.15, 0.2) is 0 Å². The highest BCUT2D eigenvalue weighted by Crippen LogP contribution is 2.40. The summed E-state index contributed by atoms with van der Waals surface area (Å²) in [6.07, 6.45) is 2.53. The van der Waals surface area contributed by atoms with Gasteiger partial charge in [0, 0.05) is 5.56 Å². The van der Waals surface area contributed by atoms with E-state index in [1.54, 1.807) is 0 Å². The van der Waals surface area contributed by atoms with Gasteiger partial charge < -0.3 is 5.11 Å². The molecule has 1 aliphatic rings. The molecule has 0 amide bonds. The molecule has 3 unspecified atom stereocenters. The van der Waals surface area contributed by atoms with Crippen LogP contribution in [-0.2, 0) is 0 Å². The van der Waals surface area contributed by atoms with Crippen molar-refractivity contribution in [3.8, 4) is 0 Å². The van der Waals surface area contributed by atoms with E-state index in [2.05, 4.69) is 6.92 Å². The SMILES string of the molecule is Cc1cc(C)c(C(O)C2CCC(C)C2)c(F)c1. The van der Waals surface area contributed by atoms with Gasteiger partial charge in [-0.15, -0.1) is 0 Å². The van der Waals surface area contributed by atoms with Gasteiger partial charge in [-0.3, -0.25) is 0 Å². The highest BCUT2D eigenvalue weighted by molar-refractivity contribution is 5.34. The van der Waals surface area contributed by atoms with Crippen LogP contribution in [0.2, 0.25) is 0 Å². The number of aliphatic hydroxyl groups is 1. The Kier molecular flexibility index (Phi) is 3.53. The summed E-state index contributed by atoms with van der Waals surface area (Å²) in [6, 6.07) is 3.46. The van der Waals surface area contributed by atoms with Gasteiger partial charge in [-0.1, -0.05) is 19.4 Å². The fourth-order valence-electron chi connectivity index (χ4n) is 3.08. The second kappa shape index (κ2) is 4.77. The van der Waals surface area contributed by atoms with Crippen molar-refractivity contribution in [2.45, 2.75) is 46.1 Å². The topological polar surface area (TPSA) is 20.2 Å². The summed E-state index contributed by atoms with van der Waals surface area (Å²) in [5.74, 6) is 0.624. The predicted octanol–water partition coefficient (Wildman–Crippen LogP) is 3.91. The molecule has 0 aromatic heterocycles. The number of rotatable bonds is 2. The Hall–Kier alpha value is -0.890. The van der Waals surface area contributed by atoms with E-state index in [0.717, 1.165) is 30.4 Å². The minimum Gasteiger partial charge on any atom is -0.388 e. The molecule has 1 aliphatic carbocycles. The molecule has 1 saturated carbocycles. The smallest absolute Gasteiger partial charge is 0.129 e. The number of hydrogen-bond acceptors (Lipinski definition) is 1. The largest absolute Gasteiger partial charge is 0.388 e. The number of benzene rings is 1. The quantitative estimate of drug-likeness (QED) is 0.825. The molecule has 1 nitrogen and oxygen atoms in total. The van der Waals surface area contributed by atoms with Crippen molar-refractivity contribution in [2.24, 2.45) is 11.8 Å². The molecule has 1 fully saturated rings. The third-order valence-electron chi connectivity index (χ3n) is 3.96. The lowest BCUT2D eigenvalue weighted by atomic mass is 9.90. The molecule has 0 heterocycles. The van der Waals surface area contributed by atoms with Crippen LogP contribution in [0.1, 0.15) is 49.0 Å². The highest BCUT2D eigenvalue weighted by atomic mass is 19.1. The van der Waals surface area contributed by atoms with E-state index in [-0.39, 0.29) is 11.7 Å². The molecule has 17 heavy (non-hydrogen) atoms. The predicted molar refractivity (Wildman–Crippen MR) is 67.3 cm³/mol. The van der Waals surface area contributed by atoms with Crippen molar-refractivity contribution in [2.75, 3.05) is 0 Å². The van der Waals surface area contributed by atoms with Crippen LogP contribution in [-0.4, -0.2) is 5.11 Å². The van der Waals surface area contributed by atoms with Crippen molar-refractivity contribution in [3.05, 3.63) is 34.6 Å². The zero-order valence-corrected chi connectivity index (χ0v) is 10.8. The van der Waals surface area contributed by atoms with Gasteiger partial charge in [0.05, 0.1) is 6.10 Å². The first kappa shape index (κ1) is 12.6. The van der Waals surface area contributed by atoms with E-state index >= 15 is 0 Å². The van der Waals surface area contributed by atoms with Gasteiger partial charge >= 0.3 is 0 Å². The number of aliphatic hydroxyl groups excluding tert-OH is 1. The molecule has 1 N–H and O–H groups in total. The standard InChI is InChI=1S/C15H21FO/c1-9-4-5-12(7-9)15(17)14-11(3)6-10(2)8-13(14)16/h6,8-9,12,15,17H,4-5,7H2,1-3H3. The van der Waals surface area contributed by atoms with Gasteiger partial charge in [-0.25, -0.2) is 4.39 Å². The summed E-state index contributed by atoms with van der Waals surface area (Å²) in [7, 11) is 0. The first-order valence-corrected chi connectivity index (χ1v) is 6.43. The lowest BCUT2D eigenvalue weighted by molar-refractivity contribution is 0.105. The molecule has 1 aromatic rings. The number of aryl methyl sites for hydroxylation is 2. The van der Waals surface area contributed by atoms with Gasteiger partial charge in [0.25, 0.3) is 0 Å². The van der Waals surface area contributed by atoms with Crippen molar-refractivity contribution in [3.63, 3.8) is 0 Å². The van der Waals surface area contributed by atoms with Crippen LogP contribution in [0.3, 0.4) is 0 Å². The van der Waals surface area contributed by atoms with E-state index in [0.29, 0.717) is 11.5 Å². The zero-order chi connectivity index (χ0) is 12.6. The Morgan fingerprint density at radius 2 is 2.00 bits per heavy atom. The summed E-state index contributed by atoms with van der Waals surface area (Å²) in [6.45, 7) is 5.96. The van der Waals surface area contributed by atoms with E-state index in [1.165, 1.54) is 6.07 Å². The minimum atomic E-state index is -0.638. The molecule has 94 valence electrons. The van der Waals surface area contributed by atoms with Crippen molar-refractivity contribution < 1.29 is 9.50 Å². The molecule has 2 rings (SSSR count). The Labute approximate surface area is 103 Å². The van der Waals surface area contributed by atoms with Crippen LogP contribution in [0.5, 0.6) is 0 Å². The normalized spacial score (nSPS) is 26.2. The van der Waals surface area contributed by atoms with E-state index in [1.807, 2.05) is 19.9 Å². The summed E-state index contributed by atoms with van der Waals surface area (Å²) in [5, 5.41) is 10.4. The van der Waals surface area contributed by atoms with Crippen LogP contribution in [0.15, 0.2) is 12.1 Å². The van der Waals surface area contributed by atoms with Crippen molar-refractivity contribution in [1.82, 2.24) is 0 Å². The Morgan fingerprint density at radius 1 is 1.29 bits per heavy atom. The first-order chi connectivity index (χ1) is 7.99. The van der Waals surface area contributed by atoms with Crippen molar-refractivity contribution >= 4 is 0 Å². The molecule has 0 saturated heterocycles. The van der Waals surface area contributed by atoms with Crippen LogP contribution >= 0.6 is 0 Å². The molecule has 0 bridgehead atoms. The highest BCUT2D eigenvalue weighted by Gasteiger charge is 2.30. The zero-order valence-electron chi connectivity index (χ0n) is 10.8. The maximum atomic E-state index is 14.0. The maximum absolute atomic E-state index is 14.0. The van der Waals surface area contributed by atoms with E-state index in [9.17, 15) is 9.50 Å². The van der Waals surface area contributed by atoms with Gasteiger partial charge in [-0.05, 0) is 55.7 Å². The molecule has 0 aliphatic heterocycles. The van der Waals surface area contributed by atoms with Crippen LogP contribution in [0, 0.1) is 31.5 Å². The summed E-state index contributed by atoms with van der Waals surface area (Å²) in [5.41, 5.74) is 2.29. The van der Waals surface area contributed by atoms with Crippen LogP contribution < -0.4 is 0 Å². The first-order valence-electron chi connectivity index (χ1n) is 6.43. The molecular formula is C15H21FO. The summed E-state index contributed by atoms with van der Waals surface area (Å²) >= 11 is 0. The van der Waals surface area contributed by atoms with Crippen LogP contribution in [0.4, 0.5) is 4.39 Å². The molecule has 0 radical (unpaired) electrons. The van der Waals surface area contributed by atoms with Gasteiger partial charge in [0.1, 0.15) is 5.82 Å².